The van der Waals surface area contributed by atoms with Gasteiger partial charge in [-0.15, -0.1) is 0 Å². The van der Waals surface area contributed by atoms with Crippen LogP contribution in [0.3, 0.4) is 0 Å². The van der Waals surface area contributed by atoms with E-state index >= 15 is 0 Å². The third-order valence-electron chi connectivity index (χ3n) is 5.28. The van der Waals surface area contributed by atoms with Crippen LogP contribution in [0.5, 0.6) is 5.75 Å². The van der Waals surface area contributed by atoms with Crippen LogP contribution in [0.25, 0.3) is 22.2 Å². The van der Waals surface area contributed by atoms with Gasteiger partial charge in [-0.05, 0) is 56.9 Å². The number of anilines is 2. The summed E-state index contributed by atoms with van der Waals surface area (Å²) in [5, 5.41) is 6.62. The van der Waals surface area contributed by atoms with Crippen molar-refractivity contribution < 1.29 is 9.53 Å². The number of benzene rings is 2. The Morgan fingerprint density at radius 3 is 2.59 bits per heavy atom. The van der Waals surface area contributed by atoms with E-state index in [1.54, 1.807) is 0 Å². The highest BCUT2D eigenvalue weighted by Gasteiger charge is 2.26. The average molecular weight is 393 g/mol. The first kappa shape index (κ1) is 19.2. The van der Waals surface area contributed by atoms with Gasteiger partial charge in [0.15, 0.2) is 0 Å². The van der Waals surface area contributed by atoms with Crippen LogP contribution in [0.15, 0.2) is 42.5 Å². The molecule has 0 spiro atoms. The van der Waals surface area contributed by atoms with E-state index in [0.29, 0.717) is 19.1 Å². The van der Waals surface area contributed by atoms with E-state index in [-0.39, 0.29) is 6.03 Å². The number of carbonyl (C=O) groups is 1. The largest absolute Gasteiger partial charge is 0.494 e. The van der Waals surface area contributed by atoms with E-state index in [9.17, 15) is 4.79 Å². The molecule has 3 aromatic rings. The molecular weight excluding hydrogens is 364 g/mol. The number of hydrogen-bond donors (Lipinski definition) is 3. The van der Waals surface area contributed by atoms with Crippen molar-refractivity contribution in [3.63, 3.8) is 0 Å². The summed E-state index contributed by atoms with van der Waals surface area (Å²) in [6, 6.07) is 13.8. The number of ether oxygens (including phenoxy) is 1. The van der Waals surface area contributed by atoms with Crippen LogP contribution in [0.4, 0.5) is 16.2 Å². The second kappa shape index (κ2) is 8.07. The molecule has 2 amide bonds. The van der Waals surface area contributed by atoms with Crippen LogP contribution < -0.4 is 21.1 Å². The monoisotopic (exact) mass is 392 g/mol. The Morgan fingerprint density at radius 2 is 1.93 bits per heavy atom. The topological polar surface area (TPSA) is 81.3 Å². The lowest BCUT2D eigenvalue weighted by Gasteiger charge is -2.13. The van der Waals surface area contributed by atoms with Gasteiger partial charge in [0.25, 0.3) is 0 Å². The van der Waals surface area contributed by atoms with Crippen molar-refractivity contribution in [3.05, 3.63) is 42.5 Å². The number of nitrogens with one attached hydrogen (secondary N) is 2. The molecule has 6 heteroatoms. The zero-order valence-corrected chi connectivity index (χ0v) is 17.0. The van der Waals surface area contributed by atoms with E-state index in [0.717, 1.165) is 45.8 Å². The van der Waals surface area contributed by atoms with Gasteiger partial charge in [-0.25, -0.2) is 4.79 Å². The van der Waals surface area contributed by atoms with E-state index in [2.05, 4.69) is 21.3 Å². The van der Waals surface area contributed by atoms with Crippen LogP contribution in [0, 0.1) is 5.92 Å². The summed E-state index contributed by atoms with van der Waals surface area (Å²) in [6.45, 7) is 6.06. The van der Waals surface area contributed by atoms with Crippen molar-refractivity contribution in [2.45, 2.75) is 33.2 Å². The van der Waals surface area contributed by atoms with Gasteiger partial charge in [0.2, 0.25) is 0 Å². The summed E-state index contributed by atoms with van der Waals surface area (Å²) in [5.41, 5.74) is 11.3. The highest BCUT2D eigenvalue weighted by molar-refractivity contribution is 6.01. The van der Waals surface area contributed by atoms with Gasteiger partial charge >= 0.3 is 6.03 Å². The number of fused-ring (bicyclic) bond motifs is 1. The van der Waals surface area contributed by atoms with Crippen molar-refractivity contribution in [2.24, 2.45) is 5.92 Å². The second-order valence-electron chi connectivity index (χ2n) is 7.49. The lowest BCUT2D eigenvalue weighted by molar-refractivity contribution is 0.252. The number of nitrogens with zero attached hydrogens (tertiary/aromatic N) is 1. The van der Waals surface area contributed by atoms with Crippen LogP contribution in [0.2, 0.25) is 0 Å². The van der Waals surface area contributed by atoms with Gasteiger partial charge in [-0.3, -0.25) is 0 Å². The molecule has 2 aromatic carbocycles. The average Bonchev–Trinajstić information content (AvgIpc) is 3.48. The first-order valence-electron chi connectivity index (χ1n) is 10.3. The van der Waals surface area contributed by atoms with Crippen molar-refractivity contribution in [1.29, 1.82) is 0 Å². The number of nitrogen functional groups attached to an aromatic ring is 1. The molecule has 1 aliphatic carbocycles. The number of aromatic nitrogens is 1. The molecule has 1 aliphatic rings. The first-order valence-corrected chi connectivity index (χ1v) is 10.3. The molecule has 0 radical (unpaired) electrons. The Morgan fingerprint density at radius 1 is 1.17 bits per heavy atom. The van der Waals surface area contributed by atoms with E-state index in [1.807, 2.05) is 50.2 Å². The smallest absolute Gasteiger partial charge is 0.319 e. The molecule has 29 heavy (non-hydrogen) atoms. The number of hydrogen-bond acceptors (Lipinski definition) is 3. The van der Waals surface area contributed by atoms with E-state index < -0.39 is 0 Å². The van der Waals surface area contributed by atoms with E-state index in [1.165, 1.54) is 12.8 Å². The van der Waals surface area contributed by atoms with Crippen LogP contribution in [-0.4, -0.2) is 23.7 Å². The number of carbonyl (C=O) groups excluding carboxylic acids is 1. The molecule has 0 unspecified atom stereocenters. The zero-order chi connectivity index (χ0) is 20.4. The summed E-state index contributed by atoms with van der Waals surface area (Å²) >= 11 is 0. The molecule has 1 saturated carbocycles. The lowest BCUT2D eigenvalue weighted by Crippen LogP contribution is -2.28. The van der Waals surface area contributed by atoms with Gasteiger partial charge in [0, 0.05) is 35.8 Å². The molecule has 4 N–H and O–H groups in total. The number of urea groups is 1. The second-order valence-corrected chi connectivity index (χ2v) is 7.49. The number of amides is 2. The molecule has 0 aliphatic heterocycles. The molecule has 0 atom stereocenters. The Bertz CT molecular complexity index is 1020. The maximum Gasteiger partial charge on any atom is 0.319 e. The number of nitrogens with two attached hydrogens (primary N) is 1. The first-order chi connectivity index (χ1) is 14.1. The van der Waals surface area contributed by atoms with Crippen molar-refractivity contribution in [3.8, 4) is 17.0 Å². The summed E-state index contributed by atoms with van der Waals surface area (Å²) in [4.78, 5) is 11.7. The molecule has 4 rings (SSSR count). The molecule has 0 saturated heterocycles. The van der Waals surface area contributed by atoms with Crippen molar-refractivity contribution >= 4 is 28.3 Å². The third-order valence-corrected chi connectivity index (χ3v) is 5.28. The predicted molar refractivity (Wildman–Crippen MR) is 118 cm³/mol. The SMILES string of the molecule is CCNC(=O)Nc1ccc(-c2c(N)c3ccc(OCC)cc3n2CC2CC2)cc1. The summed E-state index contributed by atoms with van der Waals surface area (Å²) in [7, 11) is 0. The minimum Gasteiger partial charge on any atom is -0.494 e. The Kier molecular flexibility index (Phi) is 5.34. The minimum absolute atomic E-state index is 0.203. The molecule has 6 nitrogen and oxygen atoms in total. The highest BCUT2D eigenvalue weighted by atomic mass is 16.5. The van der Waals surface area contributed by atoms with Gasteiger partial charge in [0.05, 0.1) is 23.5 Å². The molecule has 1 fully saturated rings. The Balaban J connectivity index is 1.73. The standard InChI is InChI=1S/C23H28N4O2/c1-3-25-23(28)26-17-9-7-16(8-10-17)22-21(24)19-12-11-18(29-4-2)13-20(19)27(22)14-15-5-6-15/h7-13,15H,3-6,14,24H2,1-2H3,(H2,25,26,28). The maximum atomic E-state index is 11.7. The summed E-state index contributed by atoms with van der Waals surface area (Å²) in [5.74, 6) is 1.57. The highest BCUT2D eigenvalue weighted by Crippen LogP contribution is 2.41. The van der Waals surface area contributed by atoms with Crippen molar-refractivity contribution in [1.82, 2.24) is 9.88 Å². The number of rotatable bonds is 7. The quantitative estimate of drug-likeness (QED) is 0.538. The Hall–Kier alpha value is -3.15. The third kappa shape index (κ3) is 4.01. The zero-order valence-electron chi connectivity index (χ0n) is 17.0. The predicted octanol–water partition coefficient (Wildman–Crippen LogP) is 4.84. The van der Waals surface area contributed by atoms with Gasteiger partial charge in [0.1, 0.15) is 5.75 Å². The fraction of sp³-hybridized carbons (Fsp3) is 0.348. The fourth-order valence-electron chi connectivity index (χ4n) is 3.72. The normalized spacial score (nSPS) is 13.4. The van der Waals surface area contributed by atoms with Gasteiger partial charge in [-0.1, -0.05) is 12.1 Å². The van der Waals surface area contributed by atoms with Crippen LogP contribution in [-0.2, 0) is 6.54 Å². The van der Waals surface area contributed by atoms with Crippen molar-refractivity contribution in [2.75, 3.05) is 24.2 Å². The molecular formula is C23H28N4O2. The van der Waals surface area contributed by atoms with Crippen LogP contribution >= 0.6 is 0 Å². The summed E-state index contributed by atoms with van der Waals surface area (Å²) < 4.78 is 8.05. The van der Waals surface area contributed by atoms with Crippen LogP contribution in [0.1, 0.15) is 26.7 Å². The summed E-state index contributed by atoms with van der Waals surface area (Å²) in [6.07, 6.45) is 2.53. The Labute approximate surface area is 171 Å². The molecule has 0 bridgehead atoms. The molecule has 152 valence electrons. The van der Waals surface area contributed by atoms with E-state index in [4.69, 9.17) is 10.5 Å². The lowest BCUT2D eigenvalue weighted by atomic mass is 10.1. The molecule has 1 heterocycles. The minimum atomic E-state index is -0.203. The maximum absolute atomic E-state index is 11.7. The van der Waals surface area contributed by atoms with Gasteiger partial charge < -0.3 is 25.7 Å². The molecule has 1 aromatic heterocycles. The van der Waals surface area contributed by atoms with Gasteiger partial charge in [-0.2, -0.15) is 0 Å². The fourth-order valence-corrected chi connectivity index (χ4v) is 3.72.